The molecular formula is C9H6BrClN2. The highest BCUT2D eigenvalue weighted by molar-refractivity contribution is 9.10. The highest BCUT2D eigenvalue weighted by Crippen LogP contribution is 2.34. The van der Waals surface area contributed by atoms with Crippen molar-refractivity contribution >= 4 is 44.0 Å². The van der Waals surface area contributed by atoms with Crippen LogP contribution in [0.25, 0.3) is 10.8 Å². The number of benzene rings is 1. The maximum absolute atomic E-state index is 5.95. The van der Waals surface area contributed by atoms with Crippen molar-refractivity contribution in [3.8, 4) is 0 Å². The number of rotatable bonds is 0. The standard InChI is InChI=1S/C9H6BrClN2/c10-8-7(11)3-5-1-2-13-4-6(5)9(8)12/h1-4H,12H2. The fraction of sp³-hybridized carbons (Fsp3) is 0. The van der Waals surface area contributed by atoms with Crippen LogP contribution in [-0.4, -0.2) is 4.98 Å². The number of halogens is 2. The lowest BCUT2D eigenvalue weighted by molar-refractivity contribution is 1.36. The first-order valence-corrected chi connectivity index (χ1v) is 4.84. The van der Waals surface area contributed by atoms with Crippen molar-refractivity contribution in [3.05, 3.63) is 34.0 Å². The van der Waals surface area contributed by atoms with E-state index in [2.05, 4.69) is 20.9 Å². The number of aromatic nitrogens is 1. The van der Waals surface area contributed by atoms with E-state index in [0.29, 0.717) is 10.7 Å². The summed E-state index contributed by atoms with van der Waals surface area (Å²) in [5, 5.41) is 2.54. The number of hydrogen-bond donors (Lipinski definition) is 1. The molecule has 2 nitrogen and oxygen atoms in total. The summed E-state index contributed by atoms with van der Waals surface area (Å²) in [7, 11) is 0. The van der Waals surface area contributed by atoms with Crippen molar-refractivity contribution in [1.29, 1.82) is 0 Å². The number of nitrogens with two attached hydrogens (primary N) is 1. The zero-order chi connectivity index (χ0) is 9.42. The van der Waals surface area contributed by atoms with Crippen molar-refractivity contribution in [1.82, 2.24) is 4.98 Å². The normalized spacial score (nSPS) is 10.6. The second-order valence-electron chi connectivity index (χ2n) is 2.68. The second kappa shape index (κ2) is 3.16. The van der Waals surface area contributed by atoms with Gasteiger partial charge >= 0.3 is 0 Å². The van der Waals surface area contributed by atoms with E-state index in [1.165, 1.54) is 0 Å². The Hall–Kier alpha value is -0.800. The third-order valence-electron chi connectivity index (χ3n) is 1.87. The van der Waals surface area contributed by atoms with Crippen LogP contribution in [-0.2, 0) is 0 Å². The van der Waals surface area contributed by atoms with Crippen molar-refractivity contribution in [2.75, 3.05) is 5.73 Å². The molecule has 0 atom stereocenters. The van der Waals surface area contributed by atoms with Crippen LogP contribution in [0.2, 0.25) is 5.02 Å². The number of pyridine rings is 1. The Morgan fingerprint density at radius 3 is 3.00 bits per heavy atom. The lowest BCUT2D eigenvalue weighted by Gasteiger charge is -2.05. The van der Waals surface area contributed by atoms with Gasteiger partial charge in [0, 0.05) is 17.8 Å². The Morgan fingerprint density at radius 1 is 1.46 bits per heavy atom. The number of anilines is 1. The van der Waals surface area contributed by atoms with E-state index in [4.69, 9.17) is 17.3 Å². The molecule has 1 aromatic heterocycles. The molecule has 2 aromatic rings. The van der Waals surface area contributed by atoms with E-state index < -0.39 is 0 Å². The first kappa shape index (κ1) is 8.78. The molecule has 0 amide bonds. The van der Waals surface area contributed by atoms with Gasteiger partial charge in [-0.2, -0.15) is 0 Å². The second-order valence-corrected chi connectivity index (χ2v) is 3.88. The molecule has 1 aromatic carbocycles. The Labute approximate surface area is 88.8 Å². The molecule has 2 rings (SSSR count). The van der Waals surface area contributed by atoms with Gasteiger partial charge in [0.25, 0.3) is 0 Å². The molecule has 0 aliphatic heterocycles. The Bertz CT molecular complexity index is 470. The maximum atomic E-state index is 5.95. The molecule has 0 fully saturated rings. The SMILES string of the molecule is Nc1c(Br)c(Cl)cc2ccncc12. The minimum Gasteiger partial charge on any atom is -0.397 e. The average molecular weight is 258 g/mol. The van der Waals surface area contributed by atoms with Crippen LogP contribution < -0.4 is 5.73 Å². The van der Waals surface area contributed by atoms with Gasteiger partial charge in [-0.05, 0) is 33.4 Å². The van der Waals surface area contributed by atoms with E-state index in [1.807, 2.05) is 12.1 Å². The summed E-state index contributed by atoms with van der Waals surface area (Å²) >= 11 is 9.26. The monoisotopic (exact) mass is 256 g/mol. The van der Waals surface area contributed by atoms with Crippen molar-refractivity contribution in [2.45, 2.75) is 0 Å². The molecule has 2 N–H and O–H groups in total. The molecule has 0 radical (unpaired) electrons. The van der Waals surface area contributed by atoms with E-state index in [1.54, 1.807) is 12.4 Å². The summed E-state index contributed by atoms with van der Waals surface area (Å²) in [6.07, 6.45) is 3.44. The fourth-order valence-electron chi connectivity index (χ4n) is 1.20. The Kier molecular flexibility index (Phi) is 2.14. The number of nitrogen functional groups attached to an aromatic ring is 1. The molecule has 0 spiro atoms. The predicted octanol–water partition coefficient (Wildman–Crippen LogP) is 3.23. The van der Waals surface area contributed by atoms with Crippen molar-refractivity contribution in [2.24, 2.45) is 0 Å². The van der Waals surface area contributed by atoms with Crippen LogP contribution in [0.4, 0.5) is 5.69 Å². The van der Waals surface area contributed by atoms with E-state index in [9.17, 15) is 0 Å². The predicted molar refractivity (Wildman–Crippen MR) is 58.9 cm³/mol. The molecule has 13 heavy (non-hydrogen) atoms. The molecule has 1 heterocycles. The molecule has 0 unspecified atom stereocenters. The molecule has 4 heteroatoms. The van der Waals surface area contributed by atoms with Crippen LogP contribution in [0.1, 0.15) is 0 Å². The first-order valence-electron chi connectivity index (χ1n) is 3.67. The lowest BCUT2D eigenvalue weighted by Crippen LogP contribution is -1.90. The van der Waals surface area contributed by atoms with Gasteiger partial charge in [-0.15, -0.1) is 0 Å². The molecule has 0 aliphatic carbocycles. The summed E-state index contributed by atoms with van der Waals surface area (Å²) in [5.41, 5.74) is 6.48. The third-order valence-corrected chi connectivity index (χ3v) is 3.25. The van der Waals surface area contributed by atoms with Gasteiger partial charge in [-0.1, -0.05) is 11.6 Å². The van der Waals surface area contributed by atoms with E-state index in [-0.39, 0.29) is 0 Å². The van der Waals surface area contributed by atoms with Crippen LogP contribution in [0.3, 0.4) is 0 Å². The number of fused-ring (bicyclic) bond motifs is 1. The zero-order valence-corrected chi connectivity index (χ0v) is 8.93. The number of nitrogens with zero attached hydrogens (tertiary/aromatic N) is 1. The smallest absolute Gasteiger partial charge is 0.0598 e. The highest BCUT2D eigenvalue weighted by Gasteiger charge is 2.06. The van der Waals surface area contributed by atoms with Gasteiger partial charge in [-0.3, -0.25) is 4.98 Å². The molecule has 0 saturated carbocycles. The quantitative estimate of drug-likeness (QED) is 0.736. The van der Waals surface area contributed by atoms with E-state index >= 15 is 0 Å². The Morgan fingerprint density at radius 2 is 2.23 bits per heavy atom. The Balaban J connectivity index is 2.94. The van der Waals surface area contributed by atoms with Gasteiger partial charge < -0.3 is 5.73 Å². The average Bonchev–Trinajstić information content (AvgIpc) is 2.15. The first-order chi connectivity index (χ1) is 6.20. The van der Waals surface area contributed by atoms with Crippen LogP contribution in [0, 0.1) is 0 Å². The summed E-state index contributed by atoms with van der Waals surface area (Å²) in [4.78, 5) is 4.00. The molecule has 0 bridgehead atoms. The highest BCUT2D eigenvalue weighted by atomic mass is 79.9. The molecule has 66 valence electrons. The van der Waals surface area contributed by atoms with Gasteiger partial charge in [0.1, 0.15) is 0 Å². The summed E-state index contributed by atoms with van der Waals surface area (Å²) < 4.78 is 0.731. The lowest BCUT2D eigenvalue weighted by atomic mass is 10.1. The van der Waals surface area contributed by atoms with Crippen molar-refractivity contribution < 1.29 is 0 Å². The van der Waals surface area contributed by atoms with Crippen LogP contribution in [0.5, 0.6) is 0 Å². The minimum absolute atomic E-state index is 0.621. The van der Waals surface area contributed by atoms with Crippen LogP contribution >= 0.6 is 27.5 Å². The molecule has 0 aliphatic rings. The maximum Gasteiger partial charge on any atom is 0.0598 e. The zero-order valence-electron chi connectivity index (χ0n) is 6.59. The largest absolute Gasteiger partial charge is 0.397 e. The molecular weight excluding hydrogens is 251 g/mol. The third kappa shape index (κ3) is 1.38. The minimum atomic E-state index is 0.621. The van der Waals surface area contributed by atoms with Gasteiger partial charge in [0.05, 0.1) is 15.2 Å². The van der Waals surface area contributed by atoms with E-state index in [0.717, 1.165) is 15.2 Å². The topological polar surface area (TPSA) is 38.9 Å². The summed E-state index contributed by atoms with van der Waals surface area (Å²) in [6.45, 7) is 0. The number of hydrogen-bond acceptors (Lipinski definition) is 2. The van der Waals surface area contributed by atoms with Crippen LogP contribution in [0.15, 0.2) is 29.0 Å². The molecule has 0 saturated heterocycles. The van der Waals surface area contributed by atoms with Gasteiger partial charge in [-0.25, -0.2) is 0 Å². The van der Waals surface area contributed by atoms with Gasteiger partial charge in [0.2, 0.25) is 0 Å². The fourth-order valence-corrected chi connectivity index (χ4v) is 1.75. The van der Waals surface area contributed by atoms with Gasteiger partial charge in [0.15, 0.2) is 0 Å². The van der Waals surface area contributed by atoms with Crippen molar-refractivity contribution in [3.63, 3.8) is 0 Å². The summed E-state index contributed by atoms with van der Waals surface area (Å²) in [5.74, 6) is 0. The summed E-state index contributed by atoms with van der Waals surface area (Å²) in [6, 6.07) is 3.74.